The smallest absolute Gasteiger partial charge is 0.131 e. The third-order valence-corrected chi connectivity index (χ3v) is 4.44. The van der Waals surface area contributed by atoms with Crippen molar-refractivity contribution in [2.75, 3.05) is 26.2 Å². The Balaban J connectivity index is 1.55. The van der Waals surface area contributed by atoms with E-state index in [0.717, 1.165) is 50.8 Å². The summed E-state index contributed by atoms with van der Waals surface area (Å²) in [6.45, 7) is 10.6. The van der Waals surface area contributed by atoms with E-state index in [4.69, 9.17) is 4.98 Å². The van der Waals surface area contributed by atoms with E-state index in [1.807, 2.05) is 30.7 Å². The van der Waals surface area contributed by atoms with Gasteiger partial charge in [-0.1, -0.05) is 19.9 Å². The molecule has 0 bridgehead atoms. The van der Waals surface area contributed by atoms with Crippen LogP contribution in [0.2, 0.25) is 0 Å². The summed E-state index contributed by atoms with van der Waals surface area (Å²) in [5.41, 5.74) is 2.43. The number of hydrogen-bond acceptors (Lipinski definition) is 5. The van der Waals surface area contributed by atoms with Crippen LogP contribution >= 0.6 is 0 Å². The van der Waals surface area contributed by atoms with Crippen molar-refractivity contribution >= 4 is 0 Å². The first-order valence-corrected chi connectivity index (χ1v) is 8.86. The van der Waals surface area contributed by atoms with Gasteiger partial charge in [0.15, 0.2) is 0 Å². The van der Waals surface area contributed by atoms with Crippen LogP contribution in [0.1, 0.15) is 43.3 Å². The second kappa shape index (κ2) is 8.31. The zero-order chi connectivity index (χ0) is 16.8. The molecule has 1 aliphatic rings. The number of rotatable bonds is 5. The molecule has 3 rings (SSSR count). The molecule has 0 aromatic carbocycles. The molecule has 0 spiro atoms. The quantitative estimate of drug-likeness (QED) is 0.846. The molecule has 24 heavy (non-hydrogen) atoms. The third kappa shape index (κ3) is 4.82. The van der Waals surface area contributed by atoms with Gasteiger partial charge in [0.25, 0.3) is 0 Å². The van der Waals surface area contributed by atoms with E-state index in [0.29, 0.717) is 5.92 Å². The zero-order valence-corrected chi connectivity index (χ0v) is 14.7. The highest BCUT2D eigenvalue weighted by molar-refractivity contribution is 5.08. The molecule has 0 unspecified atom stereocenters. The van der Waals surface area contributed by atoms with Gasteiger partial charge in [-0.2, -0.15) is 0 Å². The van der Waals surface area contributed by atoms with Gasteiger partial charge in [-0.25, -0.2) is 9.97 Å². The number of pyridine rings is 1. The van der Waals surface area contributed by atoms with Crippen LogP contribution in [-0.2, 0) is 13.1 Å². The molecule has 5 heteroatoms. The molecule has 128 valence electrons. The lowest BCUT2D eigenvalue weighted by molar-refractivity contribution is 0.245. The summed E-state index contributed by atoms with van der Waals surface area (Å²) in [6.07, 6.45) is 6.89. The largest absolute Gasteiger partial charge is 0.298 e. The summed E-state index contributed by atoms with van der Waals surface area (Å²) in [5, 5.41) is 0. The van der Waals surface area contributed by atoms with Crippen molar-refractivity contribution in [1.82, 2.24) is 24.8 Å². The second-order valence-electron chi connectivity index (χ2n) is 6.83. The monoisotopic (exact) mass is 325 g/mol. The Labute approximate surface area is 144 Å². The summed E-state index contributed by atoms with van der Waals surface area (Å²) in [5.74, 6) is 1.32. The van der Waals surface area contributed by atoms with Crippen molar-refractivity contribution in [3.05, 3.63) is 53.9 Å². The fourth-order valence-electron chi connectivity index (χ4n) is 3.10. The molecule has 3 heterocycles. The van der Waals surface area contributed by atoms with Crippen LogP contribution in [0.25, 0.3) is 0 Å². The summed E-state index contributed by atoms with van der Waals surface area (Å²) in [7, 11) is 0. The highest BCUT2D eigenvalue weighted by atomic mass is 15.2. The first kappa shape index (κ1) is 17.0. The average Bonchev–Trinajstić information content (AvgIpc) is 2.81. The fraction of sp³-hybridized carbons (Fsp3) is 0.526. The molecule has 0 amide bonds. The SMILES string of the molecule is CC(C)c1nccc(CN2CCCN(Cc3cccnc3)CC2)n1. The van der Waals surface area contributed by atoms with Gasteiger partial charge < -0.3 is 0 Å². The minimum Gasteiger partial charge on any atom is -0.298 e. The molecule has 0 atom stereocenters. The molecular formula is C19H27N5. The molecule has 2 aromatic rings. The highest BCUT2D eigenvalue weighted by Crippen LogP contribution is 2.12. The Morgan fingerprint density at radius 2 is 1.79 bits per heavy atom. The first-order valence-electron chi connectivity index (χ1n) is 8.86. The highest BCUT2D eigenvalue weighted by Gasteiger charge is 2.16. The van der Waals surface area contributed by atoms with Crippen LogP contribution < -0.4 is 0 Å². The number of hydrogen-bond donors (Lipinski definition) is 0. The van der Waals surface area contributed by atoms with E-state index in [-0.39, 0.29) is 0 Å². The Kier molecular flexibility index (Phi) is 5.88. The topological polar surface area (TPSA) is 45.2 Å². The molecule has 5 nitrogen and oxygen atoms in total. The van der Waals surface area contributed by atoms with E-state index in [2.05, 4.69) is 39.7 Å². The molecular weight excluding hydrogens is 298 g/mol. The predicted molar refractivity (Wildman–Crippen MR) is 95.5 cm³/mol. The lowest BCUT2D eigenvalue weighted by Crippen LogP contribution is -2.30. The first-order chi connectivity index (χ1) is 11.7. The van der Waals surface area contributed by atoms with E-state index in [9.17, 15) is 0 Å². The van der Waals surface area contributed by atoms with Gasteiger partial charge in [-0.3, -0.25) is 14.8 Å². The van der Waals surface area contributed by atoms with E-state index < -0.39 is 0 Å². The molecule has 1 aliphatic heterocycles. The van der Waals surface area contributed by atoms with Crippen LogP contribution in [0.3, 0.4) is 0 Å². The summed E-state index contributed by atoms with van der Waals surface area (Å²) < 4.78 is 0. The van der Waals surface area contributed by atoms with Crippen molar-refractivity contribution in [2.45, 2.75) is 39.3 Å². The van der Waals surface area contributed by atoms with Crippen molar-refractivity contribution < 1.29 is 0 Å². The van der Waals surface area contributed by atoms with Crippen molar-refractivity contribution in [3.63, 3.8) is 0 Å². The van der Waals surface area contributed by atoms with Gasteiger partial charge in [0.05, 0.1) is 5.69 Å². The number of nitrogens with zero attached hydrogens (tertiary/aromatic N) is 5. The molecule has 0 N–H and O–H groups in total. The molecule has 0 radical (unpaired) electrons. The summed E-state index contributed by atoms with van der Waals surface area (Å²) >= 11 is 0. The second-order valence-corrected chi connectivity index (χ2v) is 6.83. The molecule has 1 fully saturated rings. The van der Waals surface area contributed by atoms with Crippen LogP contribution in [0.5, 0.6) is 0 Å². The van der Waals surface area contributed by atoms with Crippen molar-refractivity contribution in [2.24, 2.45) is 0 Å². The maximum absolute atomic E-state index is 4.71. The standard InChI is InChI=1S/C19H27N5/c1-16(2)19-21-8-6-18(22-19)15-24-10-4-9-23(11-12-24)14-17-5-3-7-20-13-17/h3,5-8,13,16H,4,9-12,14-15H2,1-2H3. The van der Waals surface area contributed by atoms with Crippen LogP contribution in [-0.4, -0.2) is 50.9 Å². The van der Waals surface area contributed by atoms with Crippen molar-refractivity contribution in [1.29, 1.82) is 0 Å². The average molecular weight is 325 g/mol. The predicted octanol–water partition coefficient (Wildman–Crippen LogP) is 2.70. The van der Waals surface area contributed by atoms with Gasteiger partial charge >= 0.3 is 0 Å². The zero-order valence-electron chi connectivity index (χ0n) is 14.7. The normalized spacial score (nSPS) is 17.1. The van der Waals surface area contributed by atoms with Gasteiger partial charge in [0, 0.05) is 50.7 Å². The lowest BCUT2D eigenvalue weighted by Gasteiger charge is -2.21. The maximum Gasteiger partial charge on any atom is 0.131 e. The van der Waals surface area contributed by atoms with E-state index in [1.54, 1.807) is 0 Å². The Bertz CT molecular complexity index is 629. The summed E-state index contributed by atoms with van der Waals surface area (Å²) in [6, 6.07) is 6.22. The van der Waals surface area contributed by atoms with Gasteiger partial charge in [-0.05, 0) is 37.2 Å². The number of aromatic nitrogens is 3. The van der Waals surface area contributed by atoms with Gasteiger partial charge in [0.2, 0.25) is 0 Å². The Hall–Kier alpha value is -1.85. The van der Waals surface area contributed by atoms with Crippen LogP contribution in [0.15, 0.2) is 36.8 Å². The van der Waals surface area contributed by atoms with Gasteiger partial charge in [0.1, 0.15) is 5.82 Å². The maximum atomic E-state index is 4.71. The Morgan fingerprint density at radius 3 is 2.50 bits per heavy atom. The van der Waals surface area contributed by atoms with E-state index >= 15 is 0 Å². The van der Waals surface area contributed by atoms with Crippen LogP contribution in [0.4, 0.5) is 0 Å². The van der Waals surface area contributed by atoms with Crippen molar-refractivity contribution in [3.8, 4) is 0 Å². The molecule has 0 aliphatic carbocycles. The molecule has 0 saturated carbocycles. The minimum atomic E-state index is 0.379. The minimum absolute atomic E-state index is 0.379. The fourth-order valence-corrected chi connectivity index (χ4v) is 3.10. The van der Waals surface area contributed by atoms with Crippen LogP contribution in [0, 0.1) is 0 Å². The lowest BCUT2D eigenvalue weighted by atomic mass is 10.2. The third-order valence-electron chi connectivity index (χ3n) is 4.44. The summed E-state index contributed by atoms with van der Waals surface area (Å²) in [4.78, 5) is 18.3. The molecule has 2 aromatic heterocycles. The van der Waals surface area contributed by atoms with Gasteiger partial charge in [-0.15, -0.1) is 0 Å². The van der Waals surface area contributed by atoms with E-state index in [1.165, 1.54) is 12.0 Å². The Morgan fingerprint density at radius 1 is 1.00 bits per heavy atom. The molecule has 1 saturated heterocycles.